The first-order valence-electron chi connectivity index (χ1n) is 15.1. The Morgan fingerprint density at radius 3 is 2.24 bits per heavy atom. The molecule has 1 saturated heterocycles. The summed E-state index contributed by atoms with van der Waals surface area (Å²) >= 11 is 0. The number of hydrogen-bond acceptors (Lipinski definition) is 7. The van der Waals surface area contributed by atoms with E-state index >= 15 is 0 Å². The number of nitrogens with zero attached hydrogens (tertiary/aromatic N) is 1. The molecule has 0 saturated carbocycles. The fourth-order valence-corrected chi connectivity index (χ4v) is 5.08. The molecule has 5 N–H and O–H groups in total. The number of carbonyl (C=O) groups excluding carboxylic acids is 4. The summed E-state index contributed by atoms with van der Waals surface area (Å²) in [6.45, 7) is 5.61. The number of carboxylic acid groups (broad SMARTS) is 1. The van der Waals surface area contributed by atoms with Gasteiger partial charge in [-0.3, -0.25) is 14.4 Å². The van der Waals surface area contributed by atoms with Gasteiger partial charge < -0.3 is 31.1 Å². The molecule has 11 nitrogen and oxygen atoms in total. The van der Waals surface area contributed by atoms with Gasteiger partial charge in [0.05, 0.1) is 18.2 Å². The molecule has 3 rings (SSSR count). The highest BCUT2D eigenvalue weighted by Crippen LogP contribution is 2.22. The summed E-state index contributed by atoms with van der Waals surface area (Å²) in [7, 11) is 0. The van der Waals surface area contributed by atoms with Crippen LogP contribution in [0.15, 0.2) is 60.7 Å². The van der Waals surface area contributed by atoms with Crippen LogP contribution in [0.1, 0.15) is 68.8 Å². The van der Waals surface area contributed by atoms with Crippen LogP contribution >= 0.6 is 12.4 Å². The molecule has 2 aromatic carbocycles. The number of benzene rings is 2. The van der Waals surface area contributed by atoms with Crippen molar-refractivity contribution < 1.29 is 33.8 Å². The molecule has 246 valence electrons. The third-order valence-electron chi connectivity index (χ3n) is 8.21. The second-order valence-corrected chi connectivity index (χ2v) is 11.7. The summed E-state index contributed by atoms with van der Waals surface area (Å²) in [5.41, 5.74) is 6.02. The van der Waals surface area contributed by atoms with Gasteiger partial charge >= 0.3 is 11.9 Å². The maximum atomic E-state index is 13.8. The summed E-state index contributed by atoms with van der Waals surface area (Å²) in [4.78, 5) is 65.7. The summed E-state index contributed by atoms with van der Waals surface area (Å²) in [5.74, 6) is -3.44. The Labute approximate surface area is 270 Å². The van der Waals surface area contributed by atoms with E-state index in [2.05, 4.69) is 10.6 Å². The van der Waals surface area contributed by atoms with Gasteiger partial charge in [-0.1, -0.05) is 62.4 Å². The second-order valence-electron chi connectivity index (χ2n) is 11.7. The van der Waals surface area contributed by atoms with E-state index in [1.165, 1.54) is 4.90 Å². The van der Waals surface area contributed by atoms with Gasteiger partial charge in [-0.15, -0.1) is 12.4 Å². The van der Waals surface area contributed by atoms with Crippen molar-refractivity contribution in [2.24, 2.45) is 11.7 Å². The average molecular weight is 645 g/mol. The van der Waals surface area contributed by atoms with Gasteiger partial charge in [-0.2, -0.15) is 0 Å². The standard InChI is InChI=1S/C33H44N4O7.ClH/c1-22(2)33(3,36-28(38)25(34)17-10-11-20-44-31(42)24-15-8-5-9-16-24)32(43)35-26(21-23-13-6-4-7-14-23)29(39)37-19-12-18-27(37)30(40)41;/h4-9,13-16,22,25-27H,10-12,17-21,34H2,1-3H3,(H,35,43)(H,36,38)(H,40,41);1H/t25-,26?,27+,33-;/m0./s1. The number of carboxylic acids is 1. The van der Waals surface area contributed by atoms with Crippen LogP contribution in [-0.2, 0) is 30.3 Å². The van der Waals surface area contributed by atoms with E-state index in [-0.39, 0.29) is 37.9 Å². The SMILES string of the molecule is CC(C)[C@](C)(NC(=O)[C@@H](N)CCCCOC(=O)c1ccccc1)C(=O)NC(Cc1ccccc1)C(=O)N1CCC[C@@H]1C(=O)O.Cl. The van der Waals surface area contributed by atoms with E-state index in [9.17, 15) is 29.1 Å². The van der Waals surface area contributed by atoms with Gasteiger partial charge in [0, 0.05) is 13.0 Å². The smallest absolute Gasteiger partial charge is 0.338 e. The van der Waals surface area contributed by atoms with Crippen molar-refractivity contribution in [1.29, 1.82) is 0 Å². The van der Waals surface area contributed by atoms with Crippen LogP contribution in [0.25, 0.3) is 0 Å². The number of amides is 3. The fraction of sp³-hybridized carbons (Fsp3) is 0.485. The number of unbranched alkanes of at least 4 members (excludes halogenated alkanes) is 1. The van der Waals surface area contributed by atoms with Gasteiger partial charge in [0.1, 0.15) is 17.6 Å². The van der Waals surface area contributed by atoms with E-state index in [1.807, 2.05) is 36.4 Å². The molecule has 4 atom stereocenters. The quantitative estimate of drug-likeness (QED) is 0.169. The monoisotopic (exact) mass is 644 g/mol. The van der Waals surface area contributed by atoms with Crippen molar-refractivity contribution >= 4 is 42.1 Å². The van der Waals surface area contributed by atoms with Crippen LogP contribution in [0.3, 0.4) is 0 Å². The second kappa shape index (κ2) is 17.5. The zero-order chi connectivity index (χ0) is 32.3. The minimum atomic E-state index is -1.41. The predicted molar refractivity (Wildman–Crippen MR) is 172 cm³/mol. The molecule has 3 amide bonds. The van der Waals surface area contributed by atoms with Gasteiger partial charge in [-0.25, -0.2) is 9.59 Å². The van der Waals surface area contributed by atoms with E-state index in [0.29, 0.717) is 37.7 Å². The Morgan fingerprint density at radius 1 is 1.02 bits per heavy atom. The lowest BCUT2D eigenvalue weighted by molar-refractivity contribution is -0.149. The molecule has 1 aliphatic rings. The summed E-state index contributed by atoms with van der Waals surface area (Å²) < 4.78 is 5.27. The van der Waals surface area contributed by atoms with Gasteiger partial charge in [0.25, 0.3) is 0 Å². The average Bonchev–Trinajstić information content (AvgIpc) is 3.51. The lowest BCUT2D eigenvalue weighted by atomic mass is 9.86. The number of aliphatic carboxylic acids is 1. The Bertz CT molecular complexity index is 1290. The van der Waals surface area contributed by atoms with Crippen LogP contribution in [0.5, 0.6) is 0 Å². The molecule has 1 heterocycles. The molecular weight excluding hydrogens is 600 g/mol. The molecule has 0 spiro atoms. The minimum Gasteiger partial charge on any atom is -0.480 e. The van der Waals surface area contributed by atoms with Crippen molar-refractivity contribution in [3.63, 3.8) is 0 Å². The first-order chi connectivity index (χ1) is 20.9. The normalized spacial score (nSPS) is 16.9. The maximum Gasteiger partial charge on any atom is 0.338 e. The van der Waals surface area contributed by atoms with E-state index in [4.69, 9.17) is 10.5 Å². The number of nitrogens with one attached hydrogen (secondary N) is 2. The zero-order valence-corrected chi connectivity index (χ0v) is 26.9. The lowest BCUT2D eigenvalue weighted by Gasteiger charge is -2.36. The third-order valence-corrected chi connectivity index (χ3v) is 8.21. The van der Waals surface area contributed by atoms with Crippen LogP contribution in [0.2, 0.25) is 0 Å². The Morgan fingerprint density at radius 2 is 1.64 bits per heavy atom. The van der Waals surface area contributed by atoms with Crippen LogP contribution in [0, 0.1) is 5.92 Å². The number of halogens is 1. The van der Waals surface area contributed by atoms with Crippen molar-refractivity contribution in [3.8, 4) is 0 Å². The number of rotatable bonds is 15. The van der Waals surface area contributed by atoms with E-state index in [1.54, 1.807) is 45.0 Å². The first-order valence-corrected chi connectivity index (χ1v) is 15.1. The summed E-state index contributed by atoms with van der Waals surface area (Å²) in [6.07, 6.45) is 2.41. The molecule has 1 unspecified atom stereocenters. The minimum absolute atomic E-state index is 0. The van der Waals surface area contributed by atoms with Crippen LogP contribution in [0.4, 0.5) is 0 Å². The molecule has 45 heavy (non-hydrogen) atoms. The van der Waals surface area contributed by atoms with E-state index < -0.39 is 53.3 Å². The molecule has 0 aromatic heterocycles. The largest absolute Gasteiger partial charge is 0.480 e. The topological polar surface area (TPSA) is 168 Å². The predicted octanol–water partition coefficient (Wildman–Crippen LogP) is 3.10. The van der Waals surface area contributed by atoms with E-state index in [0.717, 1.165) is 5.56 Å². The number of ether oxygens (including phenoxy) is 1. The lowest BCUT2D eigenvalue weighted by Crippen LogP contribution is -2.65. The highest BCUT2D eigenvalue weighted by Gasteiger charge is 2.43. The summed E-state index contributed by atoms with van der Waals surface area (Å²) in [6, 6.07) is 14.9. The fourth-order valence-electron chi connectivity index (χ4n) is 5.08. The summed E-state index contributed by atoms with van der Waals surface area (Å²) in [5, 5.41) is 15.3. The molecule has 0 radical (unpaired) electrons. The number of carbonyl (C=O) groups is 5. The van der Waals surface area contributed by atoms with Gasteiger partial charge in [-0.05, 0) is 62.6 Å². The highest BCUT2D eigenvalue weighted by atomic mass is 35.5. The Balaban J connectivity index is 0.00000705. The van der Waals surface area contributed by atoms with Crippen molar-refractivity contribution in [3.05, 3.63) is 71.8 Å². The van der Waals surface area contributed by atoms with Crippen molar-refractivity contribution in [2.45, 2.75) is 83.0 Å². The number of hydrogen-bond donors (Lipinski definition) is 4. The van der Waals surface area contributed by atoms with Crippen LogP contribution < -0.4 is 16.4 Å². The third kappa shape index (κ3) is 10.3. The first kappa shape index (κ1) is 37.2. The van der Waals surface area contributed by atoms with Gasteiger partial charge in [0.2, 0.25) is 17.7 Å². The molecule has 12 heteroatoms. The van der Waals surface area contributed by atoms with Gasteiger partial charge in [0.15, 0.2) is 0 Å². The molecular formula is C33H45ClN4O7. The highest BCUT2D eigenvalue weighted by molar-refractivity contribution is 5.96. The number of esters is 1. The van der Waals surface area contributed by atoms with Crippen molar-refractivity contribution in [1.82, 2.24) is 15.5 Å². The molecule has 0 aliphatic carbocycles. The molecule has 1 aliphatic heterocycles. The molecule has 1 fully saturated rings. The van der Waals surface area contributed by atoms with Crippen molar-refractivity contribution in [2.75, 3.05) is 13.2 Å². The maximum absolute atomic E-state index is 13.8. The Kier molecular flexibility index (Phi) is 14.5. The number of nitrogens with two attached hydrogens (primary N) is 1. The molecule has 2 aromatic rings. The Hall–Kier alpha value is -3.96. The zero-order valence-electron chi connectivity index (χ0n) is 26.1. The number of likely N-dealkylation sites (tertiary alicyclic amines) is 1. The molecule has 0 bridgehead atoms. The van der Waals surface area contributed by atoms with Crippen LogP contribution in [-0.4, -0.2) is 76.5 Å².